The van der Waals surface area contributed by atoms with Gasteiger partial charge in [0.05, 0.1) is 17.9 Å². The second-order valence-electron chi connectivity index (χ2n) is 4.34. The first-order valence-electron chi connectivity index (χ1n) is 6.26. The summed E-state index contributed by atoms with van der Waals surface area (Å²) in [4.78, 5) is 12.4. The molecule has 0 heterocycles. The van der Waals surface area contributed by atoms with E-state index in [1.54, 1.807) is 55.6 Å². The van der Waals surface area contributed by atoms with Gasteiger partial charge in [-0.15, -0.1) is 0 Å². The van der Waals surface area contributed by atoms with Gasteiger partial charge in [0.1, 0.15) is 11.5 Å². The van der Waals surface area contributed by atoms with Crippen molar-refractivity contribution in [3.8, 4) is 5.75 Å². The molecular formula is C15H16N2O3S. The standard InChI is InChI=1S/C15H16N2O3S/c1-20-13-5-7-14(8-6-13)21(19)10-15(18)17-12-4-2-3-11(16)9-12/h2-9H,10,16H2,1H3,(H,17,18). The number of nitrogens with two attached hydrogens (primary N) is 1. The molecule has 3 N–H and O–H groups in total. The lowest BCUT2D eigenvalue weighted by Crippen LogP contribution is -2.19. The van der Waals surface area contributed by atoms with Crippen molar-refractivity contribution >= 4 is 28.1 Å². The molecule has 0 fully saturated rings. The first kappa shape index (κ1) is 15.1. The van der Waals surface area contributed by atoms with Crippen LogP contribution in [0.15, 0.2) is 53.4 Å². The Bertz CT molecular complexity index is 656. The molecule has 1 amide bonds. The number of nitrogen functional groups attached to an aromatic ring is 1. The van der Waals surface area contributed by atoms with Crippen LogP contribution in [0.5, 0.6) is 5.75 Å². The smallest absolute Gasteiger partial charge is 0.237 e. The second-order valence-corrected chi connectivity index (χ2v) is 5.79. The van der Waals surface area contributed by atoms with Gasteiger partial charge in [0.2, 0.25) is 5.91 Å². The van der Waals surface area contributed by atoms with E-state index in [9.17, 15) is 9.00 Å². The number of anilines is 2. The van der Waals surface area contributed by atoms with Crippen molar-refractivity contribution in [3.05, 3.63) is 48.5 Å². The Kier molecular flexibility index (Phi) is 4.94. The molecule has 1 atom stereocenters. The normalized spacial score (nSPS) is 11.7. The fourth-order valence-electron chi connectivity index (χ4n) is 1.74. The van der Waals surface area contributed by atoms with E-state index >= 15 is 0 Å². The lowest BCUT2D eigenvalue weighted by molar-refractivity contribution is -0.113. The summed E-state index contributed by atoms with van der Waals surface area (Å²) in [6.45, 7) is 0. The van der Waals surface area contributed by atoms with Gasteiger partial charge in [-0.3, -0.25) is 9.00 Å². The maximum absolute atomic E-state index is 12.1. The summed E-state index contributed by atoms with van der Waals surface area (Å²) in [6, 6.07) is 13.6. The van der Waals surface area contributed by atoms with Gasteiger partial charge in [-0.25, -0.2) is 0 Å². The van der Waals surface area contributed by atoms with Gasteiger partial charge in [-0.2, -0.15) is 0 Å². The Labute approximate surface area is 125 Å². The summed E-state index contributed by atoms with van der Waals surface area (Å²) in [5, 5.41) is 2.67. The minimum absolute atomic E-state index is 0.110. The number of hydrogen-bond donors (Lipinski definition) is 2. The molecular weight excluding hydrogens is 288 g/mol. The number of nitrogens with one attached hydrogen (secondary N) is 1. The number of hydrogen-bond acceptors (Lipinski definition) is 4. The van der Waals surface area contributed by atoms with Gasteiger partial charge in [0.25, 0.3) is 0 Å². The number of carbonyl (C=O) groups is 1. The molecule has 0 radical (unpaired) electrons. The van der Waals surface area contributed by atoms with Gasteiger partial charge >= 0.3 is 0 Å². The molecule has 6 heteroatoms. The highest BCUT2D eigenvalue weighted by Crippen LogP contribution is 2.15. The van der Waals surface area contributed by atoms with Crippen LogP contribution in [0.25, 0.3) is 0 Å². The van der Waals surface area contributed by atoms with E-state index in [0.717, 1.165) is 0 Å². The lowest BCUT2D eigenvalue weighted by atomic mass is 10.3. The van der Waals surface area contributed by atoms with Gasteiger partial charge in [-0.05, 0) is 42.5 Å². The first-order chi connectivity index (χ1) is 10.1. The van der Waals surface area contributed by atoms with Crippen molar-refractivity contribution in [2.75, 3.05) is 23.9 Å². The van der Waals surface area contributed by atoms with Crippen molar-refractivity contribution in [3.63, 3.8) is 0 Å². The largest absolute Gasteiger partial charge is 0.497 e. The summed E-state index contributed by atoms with van der Waals surface area (Å²) in [6.07, 6.45) is 0. The van der Waals surface area contributed by atoms with Crippen LogP contribution < -0.4 is 15.8 Å². The van der Waals surface area contributed by atoms with Crippen molar-refractivity contribution in [1.82, 2.24) is 0 Å². The number of carbonyl (C=O) groups excluding carboxylic acids is 1. The molecule has 2 rings (SSSR count). The van der Waals surface area contributed by atoms with Crippen LogP contribution in [0.1, 0.15) is 0 Å². The molecule has 0 spiro atoms. The Morgan fingerprint density at radius 3 is 2.57 bits per heavy atom. The monoisotopic (exact) mass is 304 g/mol. The minimum Gasteiger partial charge on any atom is -0.497 e. The Balaban J connectivity index is 1.96. The lowest BCUT2D eigenvalue weighted by Gasteiger charge is -2.06. The molecule has 5 nitrogen and oxygen atoms in total. The molecule has 0 aliphatic carbocycles. The summed E-state index contributed by atoms with van der Waals surface area (Å²) >= 11 is 0. The molecule has 0 aliphatic heterocycles. The third-order valence-corrected chi connectivity index (χ3v) is 4.08. The molecule has 0 aromatic heterocycles. The fourth-order valence-corrected chi connectivity index (χ4v) is 2.66. The average molecular weight is 304 g/mol. The SMILES string of the molecule is COc1ccc(S(=O)CC(=O)Nc2cccc(N)c2)cc1. The van der Waals surface area contributed by atoms with E-state index in [2.05, 4.69) is 5.32 Å². The molecule has 2 aromatic carbocycles. The van der Waals surface area contributed by atoms with E-state index < -0.39 is 10.8 Å². The third kappa shape index (κ3) is 4.32. The van der Waals surface area contributed by atoms with E-state index in [-0.39, 0.29) is 11.7 Å². The van der Waals surface area contributed by atoms with Crippen LogP contribution in [0, 0.1) is 0 Å². The minimum atomic E-state index is -1.40. The van der Waals surface area contributed by atoms with Crippen LogP contribution in [-0.2, 0) is 15.6 Å². The van der Waals surface area contributed by atoms with Crippen LogP contribution in [0.3, 0.4) is 0 Å². The molecule has 110 valence electrons. The quantitative estimate of drug-likeness (QED) is 0.828. The summed E-state index contributed by atoms with van der Waals surface area (Å²) in [7, 11) is 0.159. The highest BCUT2D eigenvalue weighted by molar-refractivity contribution is 7.85. The highest BCUT2D eigenvalue weighted by Gasteiger charge is 2.10. The van der Waals surface area contributed by atoms with Crippen molar-refractivity contribution in [2.24, 2.45) is 0 Å². The fraction of sp³-hybridized carbons (Fsp3) is 0.133. The Hall–Kier alpha value is -2.34. The zero-order valence-corrected chi connectivity index (χ0v) is 12.4. The predicted molar refractivity (Wildman–Crippen MR) is 83.8 cm³/mol. The van der Waals surface area contributed by atoms with E-state index in [4.69, 9.17) is 10.5 Å². The van der Waals surface area contributed by atoms with Crippen LogP contribution in [-0.4, -0.2) is 23.0 Å². The molecule has 0 bridgehead atoms. The zero-order valence-electron chi connectivity index (χ0n) is 11.5. The average Bonchev–Trinajstić information content (AvgIpc) is 2.47. The first-order valence-corrected chi connectivity index (χ1v) is 7.58. The van der Waals surface area contributed by atoms with Crippen LogP contribution in [0.2, 0.25) is 0 Å². The number of methoxy groups -OCH3 is 1. The van der Waals surface area contributed by atoms with Crippen molar-refractivity contribution in [1.29, 1.82) is 0 Å². The number of amides is 1. The second kappa shape index (κ2) is 6.90. The van der Waals surface area contributed by atoms with Crippen molar-refractivity contribution < 1.29 is 13.7 Å². The summed E-state index contributed by atoms with van der Waals surface area (Å²) in [5.74, 6) is 0.246. The van der Waals surface area contributed by atoms with Gasteiger partial charge in [-0.1, -0.05) is 6.07 Å². The van der Waals surface area contributed by atoms with E-state index in [1.807, 2.05) is 0 Å². The van der Waals surface area contributed by atoms with Gasteiger partial charge < -0.3 is 15.8 Å². The van der Waals surface area contributed by atoms with Crippen molar-refractivity contribution in [2.45, 2.75) is 4.90 Å². The molecule has 0 aliphatic rings. The maximum Gasteiger partial charge on any atom is 0.237 e. The number of benzene rings is 2. The number of ether oxygens (including phenoxy) is 1. The van der Waals surface area contributed by atoms with Gasteiger partial charge in [0, 0.05) is 16.3 Å². The molecule has 0 saturated carbocycles. The van der Waals surface area contributed by atoms with E-state index in [0.29, 0.717) is 22.0 Å². The molecule has 1 unspecified atom stereocenters. The van der Waals surface area contributed by atoms with Gasteiger partial charge in [0.15, 0.2) is 0 Å². The maximum atomic E-state index is 12.1. The zero-order chi connectivity index (χ0) is 15.2. The topological polar surface area (TPSA) is 81.4 Å². The third-order valence-electron chi connectivity index (χ3n) is 2.75. The molecule has 2 aromatic rings. The Morgan fingerprint density at radius 2 is 1.95 bits per heavy atom. The number of rotatable bonds is 5. The Morgan fingerprint density at radius 1 is 1.24 bits per heavy atom. The molecule has 0 saturated heterocycles. The highest BCUT2D eigenvalue weighted by atomic mass is 32.2. The summed E-state index contributed by atoms with van der Waals surface area (Å²) < 4.78 is 17.1. The molecule has 21 heavy (non-hydrogen) atoms. The summed E-state index contributed by atoms with van der Waals surface area (Å²) in [5.41, 5.74) is 6.78. The van der Waals surface area contributed by atoms with Crippen LogP contribution in [0.4, 0.5) is 11.4 Å². The van der Waals surface area contributed by atoms with E-state index in [1.165, 1.54) is 0 Å². The predicted octanol–water partition coefficient (Wildman–Crippen LogP) is 2.02. The van der Waals surface area contributed by atoms with Crippen LogP contribution >= 0.6 is 0 Å².